The van der Waals surface area contributed by atoms with Gasteiger partial charge < -0.3 is 15.5 Å². The zero-order valence-electron chi connectivity index (χ0n) is 17.3. The van der Waals surface area contributed by atoms with Crippen molar-refractivity contribution in [1.29, 1.82) is 5.26 Å². The third-order valence-corrected chi connectivity index (χ3v) is 6.22. The maximum atomic E-state index is 13.2. The minimum Gasteiger partial charge on any atom is -0.357 e. The number of carbonyl (C=O) groups excluding carboxylic acids is 3. The number of nitrogens with one attached hydrogen (secondary N) is 2. The molecule has 1 heterocycles. The largest absolute Gasteiger partial charge is 0.357 e. The quantitative estimate of drug-likeness (QED) is 0.699. The highest BCUT2D eigenvalue weighted by molar-refractivity contribution is 5.95. The highest BCUT2D eigenvalue weighted by Gasteiger charge is 2.47. The summed E-state index contributed by atoms with van der Waals surface area (Å²) in [5, 5.41) is 14.4. The molecule has 0 radical (unpaired) electrons. The summed E-state index contributed by atoms with van der Waals surface area (Å²) in [4.78, 5) is 39.8. The molecule has 0 aromatic heterocycles. The molecule has 1 aromatic carbocycles. The summed E-state index contributed by atoms with van der Waals surface area (Å²) in [5.41, 5.74) is 1.37. The fraction of sp³-hybridized carbons (Fsp3) is 0.478. The van der Waals surface area contributed by atoms with Crippen LogP contribution in [-0.2, 0) is 20.8 Å². The van der Waals surface area contributed by atoms with Crippen LogP contribution >= 0.6 is 0 Å². The normalized spacial score (nSPS) is 23.6. The Morgan fingerprint density at radius 2 is 1.97 bits per heavy atom. The van der Waals surface area contributed by atoms with E-state index < -0.39 is 12.1 Å². The van der Waals surface area contributed by atoms with Crippen molar-refractivity contribution >= 4 is 17.7 Å². The molecular weight excluding hydrogens is 380 g/mol. The van der Waals surface area contributed by atoms with Gasteiger partial charge in [-0.3, -0.25) is 14.4 Å². The number of rotatable bonds is 6. The van der Waals surface area contributed by atoms with E-state index in [1.54, 1.807) is 29.2 Å². The van der Waals surface area contributed by atoms with E-state index in [4.69, 9.17) is 5.26 Å². The van der Waals surface area contributed by atoms with E-state index in [0.29, 0.717) is 24.3 Å². The van der Waals surface area contributed by atoms with Crippen LogP contribution in [0.25, 0.3) is 0 Å². The average Bonchev–Trinajstić information content (AvgIpc) is 3.17. The first kappa shape index (κ1) is 21.6. The molecule has 1 saturated carbocycles. The Bertz CT molecular complexity index is 858. The monoisotopic (exact) mass is 408 g/mol. The zero-order chi connectivity index (χ0) is 21.7. The average molecular weight is 409 g/mol. The van der Waals surface area contributed by atoms with Crippen molar-refractivity contribution in [2.24, 2.45) is 5.92 Å². The Morgan fingerprint density at radius 3 is 2.60 bits per heavy atom. The van der Waals surface area contributed by atoms with E-state index in [2.05, 4.69) is 23.3 Å². The van der Waals surface area contributed by atoms with E-state index in [9.17, 15) is 14.4 Å². The molecule has 0 spiro atoms. The molecule has 1 saturated heterocycles. The highest BCUT2D eigenvalue weighted by atomic mass is 16.2. The molecule has 1 unspecified atom stereocenters. The lowest BCUT2D eigenvalue weighted by Crippen LogP contribution is -2.54. The molecule has 2 aliphatic rings. The van der Waals surface area contributed by atoms with Gasteiger partial charge in [-0.05, 0) is 49.0 Å². The van der Waals surface area contributed by atoms with Gasteiger partial charge in [-0.15, -0.1) is 0 Å². The molecule has 1 aromatic rings. The first-order valence-corrected chi connectivity index (χ1v) is 10.4. The molecule has 1 aliphatic heterocycles. The molecule has 30 heavy (non-hydrogen) atoms. The van der Waals surface area contributed by atoms with Gasteiger partial charge in [-0.2, -0.15) is 5.26 Å². The topological polar surface area (TPSA) is 102 Å². The van der Waals surface area contributed by atoms with E-state index in [-0.39, 0.29) is 23.8 Å². The summed E-state index contributed by atoms with van der Waals surface area (Å²) in [6, 6.07) is 7.70. The van der Waals surface area contributed by atoms with E-state index >= 15 is 0 Å². The van der Waals surface area contributed by atoms with E-state index in [0.717, 1.165) is 31.2 Å². The van der Waals surface area contributed by atoms with Crippen LogP contribution in [0.3, 0.4) is 0 Å². The van der Waals surface area contributed by atoms with E-state index in [1.165, 1.54) is 13.1 Å². The lowest BCUT2D eigenvalue weighted by molar-refractivity contribution is -0.138. The van der Waals surface area contributed by atoms with Crippen LogP contribution in [0.4, 0.5) is 0 Å². The molecule has 3 rings (SSSR count). The summed E-state index contributed by atoms with van der Waals surface area (Å²) in [6.45, 7) is 3.60. The molecule has 0 bridgehead atoms. The summed E-state index contributed by atoms with van der Waals surface area (Å²) >= 11 is 0. The Kier molecular flexibility index (Phi) is 6.88. The molecule has 7 nitrogen and oxygen atoms in total. The summed E-state index contributed by atoms with van der Waals surface area (Å²) < 4.78 is 0. The van der Waals surface area contributed by atoms with Crippen LogP contribution in [0.1, 0.15) is 43.2 Å². The number of likely N-dealkylation sites (N-methyl/N-ethyl adjacent to an activating group) is 1. The number of amides is 3. The number of nitrogens with zero attached hydrogens (tertiary/aromatic N) is 2. The number of nitriles is 1. The predicted octanol–water partition coefficient (Wildman–Crippen LogP) is 1.68. The van der Waals surface area contributed by atoms with Crippen LogP contribution in [0.5, 0.6) is 0 Å². The second kappa shape index (κ2) is 9.57. The predicted molar refractivity (Wildman–Crippen MR) is 112 cm³/mol. The van der Waals surface area contributed by atoms with E-state index in [1.807, 2.05) is 0 Å². The molecular formula is C23H28N4O3. The molecule has 158 valence electrons. The van der Waals surface area contributed by atoms with Gasteiger partial charge in [0.05, 0.1) is 11.6 Å². The van der Waals surface area contributed by atoms with Gasteiger partial charge in [0.2, 0.25) is 17.7 Å². The van der Waals surface area contributed by atoms with Crippen molar-refractivity contribution < 1.29 is 14.4 Å². The standard InChI is InChI=1S/C23H28N4O3/c1-3-21(28)27-19-7-5-4-6-17(19)13-20(27)23(30)26-18(22(29)25-2)12-15-8-10-16(14-24)11-9-15/h3,8-11,17-20H,1,4-7,12-13H2,2H3,(H,25,29)(H,26,30)/t17-,18?,19-,20-/m0/s1. The second-order valence-corrected chi connectivity index (χ2v) is 8.00. The van der Waals surface area contributed by atoms with Crippen molar-refractivity contribution in [3.63, 3.8) is 0 Å². The minimum atomic E-state index is -0.765. The van der Waals surface area contributed by atoms with Gasteiger partial charge in [0.1, 0.15) is 12.1 Å². The number of hydrogen-bond donors (Lipinski definition) is 2. The number of fused-ring (bicyclic) bond motifs is 1. The van der Waals surface area contributed by atoms with Gasteiger partial charge in [0, 0.05) is 19.5 Å². The smallest absolute Gasteiger partial charge is 0.246 e. The van der Waals surface area contributed by atoms with Crippen LogP contribution < -0.4 is 10.6 Å². The maximum absolute atomic E-state index is 13.2. The molecule has 7 heteroatoms. The Morgan fingerprint density at radius 1 is 1.27 bits per heavy atom. The van der Waals surface area contributed by atoms with Crippen LogP contribution in [0, 0.1) is 17.2 Å². The van der Waals surface area contributed by atoms with Gasteiger partial charge in [0.25, 0.3) is 0 Å². The Labute approximate surface area is 177 Å². The first-order chi connectivity index (χ1) is 14.5. The molecule has 4 atom stereocenters. The van der Waals surface area contributed by atoms with Crippen LogP contribution in [0.2, 0.25) is 0 Å². The number of likely N-dealkylation sites (tertiary alicyclic amines) is 1. The zero-order valence-corrected chi connectivity index (χ0v) is 17.3. The summed E-state index contributed by atoms with van der Waals surface area (Å²) in [6.07, 6.45) is 6.27. The lowest BCUT2D eigenvalue weighted by Gasteiger charge is -2.33. The van der Waals surface area contributed by atoms with Gasteiger partial charge in [-0.25, -0.2) is 0 Å². The molecule has 2 N–H and O–H groups in total. The molecule has 3 amide bonds. The first-order valence-electron chi connectivity index (χ1n) is 10.4. The van der Waals surface area contributed by atoms with Crippen molar-refractivity contribution in [3.8, 4) is 6.07 Å². The SMILES string of the molecule is C=CC(=O)N1[C@H](C(=O)NC(Cc2ccc(C#N)cc2)C(=O)NC)C[C@@H]2CCCC[C@@H]21. The summed E-state index contributed by atoms with van der Waals surface area (Å²) in [5.74, 6) is -0.518. The number of benzene rings is 1. The Balaban J connectivity index is 1.76. The lowest BCUT2D eigenvalue weighted by atomic mass is 9.84. The second-order valence-electron chi connectivity index (χ2n) is 8.00. The van der Waals surface area contributed by atoms with Crippen molar-refractivity contribution in [2.75, 3.05) is 7.05 Å². The molecule has 1 aliphatic carbocycles. The number of hydrogen-bond acceptors (Lipinski definition) is 4. The molecule has 2 fully saturated rings. The van der Waals surface area contributed by atoms with Crippen molar-refractivity contribution in [3.05, 3.63) is 48.0 Å². The minimum absolute atomic E-state index is 0.0666. The fourth-order valence-corrected chi connectivity index (χ4v) is 4.72. The van der Waals surface area contributed by atoms with Gasteiger partial charge >= 0.3 is 0 Å². The van der Waals surface area contributed by atoms with Gasteiger partial charge in [-0.1, -0.05) is 31.6 Å². The number of carbonyl (C=O) groups is 3. The highest BCUT2D eigenvalue weighted by Crippen LogP contribution is 2.40. The van der Waals surface area contributed by atoms with Crippen LogP contribution in [0.15, 0.2) is 36.9 Å². The summed E-state index contributed by atoms with van der Waals surface area (Å²) in [7, 11) is 1.53. The van der Waals surface area contributed by atoms with Crippen molar-refractivity contribution in [1.82, 2.24) is 15.5 Å². The van der Waals surface area contributed by atoms with Crippen molar-refractivity contribution in [2.45, 2.75) is 56.7 Å². The van der Waals surface area contributed by atoms with Crippen LogP contribution in [-0.4, -0.2) is 47.8 Å². The Hall–Kier alpha value is -3.14. The third kappa shape index (κ3) is 4.54. The van der Waals surface area contributed by atoms with Gasteiger partial charge in [0.15, 0.2) is 0 Å². The third-order valence-electron chi connectivity index (χ3n) is 6.22. The maximum Gasteiger partial charge on any atom is 0.246 e. The fourth-order valence-electron chi connectivity index (χ4n) is 4.72.